The Balaban J connectivity index is 2.27. The predicted octanol–water partition coefficient (Wildman–Crippen LogP) is 3.59. The highest BCUT2D eigenvalue weighted by molar-refractivity contribution is 4.83. The van der Waals surface area contributed by atoms with Gasteiger partial charge in [0.05, 0.1) is 0 Å². The van der Waals surface area contributed by atoms with Crippen LogP contribution in [0, 0.1) is 11.8 Å². The first kappa shape index (κ1) is 12.0. The predicted molar refractivity (Wildman–Crippen MR) is 63.5 cm³/mol. The highest BCUT2D eigenvalue weighted by Crippen LogP contribution is 2.32. The molecule has 2 unspecified atom stereocenters. The molecule has 1 aliphatic rings. The van der Waals surface area contributed by atoms with Crippen molar-refractivity contribution >= 4 is 0 Å². The summed E-state index contributed by atoms with van der Waals surface area (Å²) < 4.78 is 0. The summed E-state index contributed by atoms with van der Waals surface area (Å²) in [5.41, 5.74) is 0. The third-order valence-electron chi connectivity index (χ3n) is 3.73. The summed E-state index contributed by atoms with van der Waals surface area (Å²) in [4.78, 5) is 0. The van der Waals surface area contributed by atoms with Crippen molar-refractivity contribution in [2.24, 2.45) is 11.8 Å². The van der Waals surface area contributed by atoms with Crippen LogP contribution in [0.5, 0.6) is 0 Å². The molecule has 0 aliphatic heterocycles. The van der Waals surface area contributed by atoms with Gasteiger partial charge in [0.1, 0.15) is 0 Å². The van der Waals surface area contributed by atoms with E-state index in [0.29, 0.717) is 0 Å². The van der Waals surface area contributed by atoms with Crippen molar-refractivity contribution in [1.29, 1.82) is 0 Å². The van der Waals surface area contributed by atoms with Crippen molar-refractivity contribution in [3.05, 3.63) is 0 Å². The molecular formula is C13H27N. The van der Waals surface area contributed by atoms with E-state index in [1.807, 2.05) is 0 Å². The van der Waals surface area contributed by atoms with Gasteiger partial charge in [-0.3, -0.25) is 0 Å². The van der Waals surface area contributed by atoms with Crippen LogP contribution in [0.1, 0.15) is 59.3 Å². The zero-order chi connectivity index (χ0) is 10.4. The molecule has 1 heteroatoms. The molecule has 0 saturated heterocycles. The smallest absolute Gasteiger partial charge is 0.00978 e. The van der Waals surface area contributed by atoms with Gasteiger partial charge in [-0.2, -0.15) is 0 Å². The molecule has 0 aromatic heterocycles. The number of rotatable bonds is 7. The van der Waals surface area contributed by atoms with Gasteiger partial charge < -0.3 is 5.32 Å². The number of nitrogens with one attached hydrogen (secondary N) is 1. The molecule has 0 amide bonds. The van der Waals surface area contributed by atoms with E-state index in [1.54, 1.807) is 0 Å². The molecule has 0 heterocycles. The molecule has 1 aliphatic carbocycles. The summed E-state index contributed by atoms with van der Waals surface area (Å²) in [6.07, 6.45) is 8.40. The van der Waals surface area contributed by atoms with Crippen LogP contribution in [0.2, 0.25) is 0 Å². The molecule has 1 rings (SSSR count). The largest absolute Gasteiger partial charge is 0.314 e. The Morgan fingerprint density at radius 3 is 2.43 bits per heavy atom. The van der Waals surface area contributed by atoms with Crippen LogP contribution >= 0.6 is 0 Å². The Morgan fingerprint density at radius 2 is 2.00 bits per heavy atom. The first-order valence-electron chi connectivity index (χ1n) is 6.51. The van der Waals surface area contributed by atoms with E-state index in [4.69, 9.17) is 0 Å². The maximum absolute atomic E-state index is 3.74. The van der Waals surface area contributed by atoms with E-state index in [9.17, 15) is 0 Å². The van der Waals surface area contributed by atoms with Gasteiger partial charge in [-0.25, -0.2) is 0 Å². The summed E-state index contributed by atoms with van der Waals surface area (Å²) in [5, 5.41) is 3.74. The minimum Gasteiger partial charge on any atom is -0.314 e. The molecule has 14 heavy (non-hydrogen) atoms. The monoisotopic (exact) mass is 197 g/mol. The standard InChI is InChI=1S/C13H27N/c1-4-9-14-13(10-11(3)5-2)12-7-6-8-12/h11-14H,4-10H2,1-3H3. The Kier molecular flexibility index (Phi) is 5.54. The van der Waals surface area contributed by atoms with Gasteiger partial charge in [0, 0.05) is 6.04 Å². The van der Waals surface area contributed by atoms with Crippen LogP contribution in [0.4, 0.5) is 0 Å². The second kappa shape index (κ2) is 6.44. The fourth-order valence-electron chi connectivity index (χ4n) is 2.21. The van der Waals surface area contributed by atoms with Gasteiger partial charge >= 0.3 is 0 Å². The van der Waals surface area contributed by atoms with Crippen LogP contribution in [0.15, 0.2) is 0 Å². The molecule has 0 aromatic rings. The third kappa shape index (κ3) is 3.61. The first-order chi connectivity index (χ1) is 6.77. The summed E-state index contributed by atoms with van der Waals surface area (Å²) in [6, 6.07) is 0.818. The van der Waals surface area contributed by atoms with Gasteiger partial charge in [0.2, 0.25) is 0 Å². The van der Waals surface area contributed by atoms with Gasteiger partial charge in [-0.1, -0.05) is 33.6 Å². The Labute approximate surface area is 89.7 Å². The fourth-order valence-corrected chi connectivity index (χ4v) is 2.21. The SMILES string of the molecule is CCCNC(CC(C)CC)C1CCC1. The average molecular weight is 197 g/mol. The maximum Gasteiger partial charge on any atom is 0.00978 e. The van der Waals surface area contributed by atoms with Gasteiger partial charge in [0.25, 0.3) is 0 Å². The molecule has 0 spiro atoms. The number of hydrogen-bond acceptors (Lipinski definition) is 1. The van der Waals surface area contributed by atoms with E-state index >= 15 is 0 Å². The maximum atomic E-state index is 3.74. The highest BCUT2D eigenvalue weighted by Gasteiger charge is 2.27. The molecule has 1 nitrogen and oxygen atoms in total. The molecular weight excluding hydrogens is 170 g/mol. The normalized spacial score (nSPS) is 21.6. The van der Waals surface area contributed by atoms with Crippen molar-refractivity contribution in [1.82, 2.24) is 5.32 Å². The van der Waals surface area contributed by atoms with Crippen LogP contribution in [0.3, 0.4) is 0 Å². The summed E-state index contributed by atoms with van der Waals surface area (Å²) in [5.74, 6) is 1.89. The molecule has 1 N–H and O–H groups in total. The molecule has 0 bridgehead atoms. The van der Waals surface area contributed by atoms with E-state index in [0.717, 1.165) is 17.9 Å². The zero-order valence-corrected chi connectivity index (χ0v) is 10.2. The van der Waals surface area contributed by atoms with E-state index in [-0.39, 0.29) is 0 Å². The van der Waals surface area contributed by atoms with E-state index in [2.05, 4.69) is 26.1 Å². The second-order valence-corrected chi connectivity index (χ2v) is 5.00. The summed E-state index contributed by atoms with van der Waals surface area (Å²) >= 11 is 0. The lowest BCUT2D eigenvalue weighted by Crippen LogP contribution is -2.41. The molecule has 0 aromatic carbocycles. The number of hydrogen-bond donors (Lipinski definition) is 1. The topological polar surface area (TPSA) is 12.0 Å². The lowest BCUT2D eigenvalue weighted by Gasteiger charge is -2.36. The summed E-state index contributed by atoms with van der Waals surface area (Å²) in [6.45, 7) is 8.16. The van der Waals surface area contributed by atoms with E-state index in [1.165, 1.54) is 45.1 Å². The van der Waals surface area contributed by atoms with Gasteiger partial charge in [0.15, 0.2) is 0 Å². The molecule has 0 radical (unpaired) electrons. The molecule has 2 atom stereocenters. The van der Waals surface area contributed by atoms with Gasteiger partial charge in [-0.15, -0.1) is 0 Å². The second-order valence-electron chi connectivity index (χ2n) is 5.00. The minimum atomic E-state index is 0.818. The van der Waals surface area contributed by atoms with Crippen molar-refractivity contribution < 1.29 is 0 Å². The lowest BCUT2D eigenvalue weighted by molar-refractivity contribution is 0.201. The Morgan fingerprint density at radius 1 is 1.29 bits per heavy atom. The van der Waals surface area contributed by atoms with Crippen LogP contribution in [0.25, 0.3) is 0 Å². The van der Waals surface area contributed by atoms with Crippen LogP contribution < -0.4 is 5.32 Å². The van der Waals surface area contributed by atoms with E-state index < -0.39 is 0 Å². The Hall–Kier alpha value is -0.0400. The van der Waals surface area contributed by atoms with Gasteiger partial charge in [-0.05, 0) is 44.1 Å². The highest BCUT2D eigenvalue weighted by atomic mass is 14.9. The first-order valence-corrected chi connectivity index (χ1v) is 6.51. The van der Waals surface area contributed by atoms with Crippen molar-refractivity contribution in [3.8, 4) is 0 Å². The fraction of sp³-hybridized carbons (Fsp3) is 1.00. The van der Waals surface area contributed by atoms with Crippen LogP contribution in [-0.4, -0.2) is 12.6 Å². The minimum absolute atomic E-state index is 0.818. The molecule has 84 valence electrons. The molecule has 1 fully saturated rings. The summed E-state index contributed by atoms with van der Waals surface area (Å²) in [7, 11) is 0. The quantitative estimate of drug-likeness (QED) is 0.657. The van der Waals surface area contributed by atoms with Crippen LogP contribution in [-0.2, 0) is 0 Å². The molecule has 1 saturated carbocycles. The Bertz CT molecular complexity index is 140. The average Bonchev–Trinajstić information content (AvgIpc) is 2.11. The lowest BCUT2D eigenvalue weighted by atomic mass is 9.76. The third-order valence-corrected chi connectivity index (χ3v) is 3.73. The zero-order valence-electron chi connectivity index (χ0n) is 10.2. The van der Waals surface area contributed by atoms with Crippen molar-refractivity contribution in [3.63, 3.8) is 0 Å². The van der Waals surface area contributed by atoms with Crippen molar-refractivity contribution in [2.75, 3.05) is 6.54 Å². The van der Waals surface area contributed by atoms with Crippen molar-refractivity contribution in [2.45, 2.75) is 65.3 Å².